The van der Waals surface area contributed by atoms with E-state index in [2.05, 4.69) is 14.5 Å². The van der Waals surface area contributed by atoms with Gasteiger partial charge in [0.2, 0.25) is 0 Å². The van der Waals surface area contributed by atoms with Crippen molar-refractivity contribution in [3.05, 3.63) is 54.6 Å². The van der Waals surface area contributed by atoms with Crippen LogP contribution in [0, 0.1) is 6.92 Å². The normalized spacial score (nSPS) is 17.5. The van der Waals surface area contributed by atoms with Gasteiger partial charge >= 0.3 is 0 Å². The molecule has 0 spiro atoms. The monoisotopic (exact) mass is 469 g/mol. The average molecular weight is 470 g/mol. The van der Waals surface area contributed by atoms with Gasteiger partial charge in [-0.05, 0) is 57.4 Å². The zero-order valence-corrected chi connectivity index (χ0v) is 19.5. The van der Waals surface area contributed by atoms with E-state index in [-0.39, 0.29) is 17.6 Å². The number of hydrogen-bond donors (Lipinski definition) is 0. The fourth-order valence-corrected chi connectivity index (χ4v) is 6.27. The summed E-state index contributed by atoms with van der Waals surface area (Å²) in [5, 5.41) is 0.786. The summed E-state index contributed by atoms with van der Waals surface area (Å²) in [6.45, 7) is 4.64. The van der Waals surface area contributed by atoms with Gasteiger partial charge in [0.05, 0.1) is 23.3 Å². The molecule has 0 amide bonds. The molecule has 3 aromatic heterocycles. The molecular formula is C24H28FN5O2S. The first-order chi connectivity index (χ1) is 16.0. The average Bonchev–Trinajstić information content (AvgIpc) is 3.53. The minimum atomic E-state index is -3.75. The van der Waals surface area contributed by atoms with Crippen LogP contribution in [-0.2, 0) is 10.0 Å². The number of imidazole rings is 1. The second-order valence-corrected chi connectivity index (χ2v) is 10.5. The van der Waals surface area contributed by atoms with E-state index in [0.717, 1.165) is 61.1 Å². The summed E-state index contributed by atoms with van der Waals surface area (Å²) in [7, 11) is -3.75. The van der Waals surface area contributed by atoms with Crippen LogP contribution in [-0.4, -0.2) is 58.1 Å². The molecular weight excluding hydrogens is 441 g/mol. The van der Waals surface area contributed by atoms with Crippen molar-refractivity contribution < 1.29 is 12.8 Å². The number of halogens is 1. The molecule has 7 nitrogen and oxygen atoms in total. The van der Waals surface area contributed by atoms with Gasteiger partial charge in [0.25, 0.3) is 10.0 Å². The number of alkyl halides is 1. The fourth-order valence-electron chi connectivity index (χ4n) is 4.94. The van der Waals surface area contributed by atoms with E-state index in [1.54, 1.807) is 42.7 Å². The van der Waals surface area contributed by atoms with Crippen molar-refractivity contribution in [1.29, 1.82) is 0 Å². The van der Waals surface area contributed by atoms with Crippen molar-refractivity contribution in [2.24, 2.45) is 0 Å². The van der Waals surface area contributed by atoms with Crippen LogP contribution >= 0.6 is 0 Å². The van der Waals surface area contributed by atoms with Crippen LogP contribution in [0.25, 0.3) is 22.1 Å². The van der Waals surface area contributed by atoms with Gasteiger partial charge in [0.1, 0.15) is 11.3 Å². The number of fused-ring (bicyclic) bond motifs is 3. The highest BCUT2D eigenvalue weighted by atomic mass is 32.2. The molecule has 33 heavy (non-hydrogen) atoms. The van der Waals surface area contributed by atoms with E-state index in [1.807, 2.05) is 13.0 Å². The summed E-state index contributed by atoms with van der Waals surface area (Å²) in [4.78, 5) is 11.9. The number of likely N-dealkylation sites (tertiary alicyclic amines) is 1. The maximum absolute atomic E-state index is 13.3. The van der Waals surface area contributed by atoms with Gasteiger partial charge in [0.15, 0.2) is 5.65 Å². The highest BCUT2D eigenvalue weighted by molar-refractivity contribution is 7.90. The van der Waals surface area contributed by atoms with Crippen LogP contribution in [0.1, 0.15) is 37.5 Å². The summed E-state index contributed by atoms with van der Waals surface area (Å²) in [5.41, 5.74) is 2.12. The lowest BCUT2D eigenvalue weighted by Crippen LogP contribution is -2.23. The second kappa shape index (κ2) is 8.87. The Morgan fingerprint density at radius 2 is 1.94 bits per heavy atom. The van der Waals surface area contributed by atoms with Crippen molar-refractivity contribution in [2.75, 3.05) is 26.3 Å². The third kappa shape index (κ3) is 3.93. The summed E-state index contributed by atoms with van der Waals surface area (Å²) in [5.74, 6) is 0.905. The maximum atomic E-state index is 13.3. The van der Waals surface area contributed by atoms with Crippen LogP contribution in [0.5, 0.6) is 0 Å². The topological polar surface area (TPSA) is 73.0 Å². The highest BCUT2D eigenvalue weighted by Crippen LogP contribution is 2.33. The predicted molar refractivity (Wildman–Crippen MR) is 127 cm³/mol. The summed E-state index contributed by atoms with van der Waals surface area (Å²) in [6.07, 6.45) is 6.81. The van der Waals surface area contributed by atoms with Gasteiger partial charge in [-0.1, -0.05) is 18.2 Å². The lowest BCUT2D eigenvalue weighted by Gasteiger charge is -2.18. The zero-order chi connectivity index (χ0) is 23.0. The van der Waals surface area contributed by atoms with Gasteiger partial charge in [0, 0.05) is 30.7 Å². The quantitative estimate of drug-likeness (QED) is 0.360. The molecule has 4 aromatic rings. The SMILES string of the molecule is Cc1nc2cnc3c(ccn3S(=O)(=O)c3ccccc3)c2n1C1CCN(CCCCCF)C1. The lowest BCUT2D eigenvalue weighted by atomic mass is 10.2. The third-order valence-electron chi connectivity index (χ3n) is 6.53. The second-order valence-electron chi connectivity index (χ2n) is 8.68. The molecule has 1 fully saturated rings. The number of hydrogen-bond acceptors (Lipinski definition) is 5. The van der Waals surface area contributed by atoms with Gasteiger partial charge in [-0.25, -0.2) is 22.4 Å². The van der Waals surface area contributed by atoms with Crippen molar-refractivity contribution in [1.82, 2.24) is 23.4 Å². The minimum absolute atomic E-state index is 0.230. The Morgan fingerprint density at radius 1 is 1.12 bits per heavy atom. The van der Waals surface area contributed by atoms with E-state index >= 15 is 0 Å². The lowest BCUT2D eigenvalue weighted by molar-refractivity contribution is 0.311. The molecule has 1 unspecified atom stereocenters. The number of unbranched alkanes of at least 4 members (excludes halogenated alkanes) is 2. The summed E-state index contributed by atoms with van der Waals surface area (Å²) < 4.78 is 42.4. The molecule has 1 aromatic carbocycles. The fraction of sp³-hybridized carbons (Fsp3) is 0.417. The van der Waals surface area contributed by atoms with Crippen LogP contribution in [0.3, 0.4) is 0 Å². The largest absolute Gasteiger partial charge is 0.323 e. The first kappa shape index (κ1) is 22.0. The molecule has 1 atom stereocenters. The van der Waals surface area contributed by atoms with Crippen molar-refractivity contribution in [3.8, 4) is 0 Å². The van der Waals surface area contributed by atoms with Crippen molar-refractivity contribution in [3.63, 3.8) is 0 Å². The molecule has 0 saturated carbocycles. The Morgan fingerprint density at radius 3 is 2.73 bits per heavy atom. The van der Waals surface area contributed by atoms with E-state index in [0.29, 0.717) is 12.1 Å². The van der Waals surface area contributed by atoms with Crippen molar-refractivity contribution in [2.45, 2.75) is 43.5 Å². The number of aromatic nitrogens is 4. The Labute approximate surface area is 192 Å². The Bertz CT molecular complexity index is 1380. The number of benzene rings is 1. The van der Waals surface area contributed by atoms with Gasteiger partial charge in [-0.15, -0.1) is 0 Å². The van der Waals surface area contributed by atoms with E-state index in [1.165, 1.54) is 3.97 Å². The number of nitrogens with zero attached hydrogens (tertiary/aromatic N) is 5. The number of rotatable bonds is 8. The minimum Gasteiger partial charge on any atom is -0.323 e. The summed E-state index contributed by atoms with van der Waals surface area (Å²) >= 11 is 0. The number of pyridine rings is 1. The first-order valence-corrected chi connectivity index (χ1v) is 12.9. The maximum Gasteiger partial charge on any atom is 0.269 e. The highest BCUT2D eigenvalue weighted by Gasteiger charge is 2.28. The molecule has 5 rings (SSSR count). The standard InChI is InChI=1S/C24H28FN5O2S/c1-18-27-22-16-26-24-21(11-15-29(24)33(31,32)20-8-4-2-5-9-20)23(22)30(18)19-10-14-28(17-19)13-7-3-6-12-25/h2,4-5,8-9,11,15-16,19H,3,6-7,10,12-14,17H2,1H3. The van der Waals surface area contributed by atoms with Crippen LogP contribution < -0.4 is 0 Å². The molecule has 1 saturated heterocycles. The smallest absolute Gasteiger partial charge is 0.269 e. The van der Waals surface area contributed by atoms with E-state index in [4.69, 9.17) is 4.98 Å². The molecule has 4 heterocycles. The summed E-state index contributed by atoms with van der Waals surface area (Å²) in [6, 6.07) is 10.5. The molecule has 0 N–H and O–H groups in total. The molecule has 1 aliphatic heterocycles. The Hall–Kier alpha value is -2.78. The molecule has 9 heteroatoms. The molecule has 0 bridgehead atoms. The van der Waals surface area contributed by atoms with E-state index < -0.39 is 10.0 Å². The first-order valence-electron chi connectivity index (χ1n) is 11.4. The van der Waals surface area contributed by atoms with Gasteiger partial charge in [-0.3, -0.25) is 4.39 Å². The number of aryl methyl sites for hydroxylation is 1. The van der Waals surface area contributed by atoms with Gasteiger partial charge in [-0.2, -0.15) is 0 Å². The Balaban J connectivity index is 1.52. The van der Waals surface area contributed by atoms with Crippen LogP contribution in [0.15, 0.2) is 53.7 Å². The molecule has 0 aliphatic carbocycles. The predicted octanol–water partition coefficient (Wildman–Crippen LogP) is 4.32. The zero-order valence-electron chi connectivity index (χ0n) is 18.7. The van der Waals surface area contributed by atoms with E-state index in [9.17, 15) is 12.8 Å². The molecule has 1 aliphatic rings. The van der Waals surface area contributed by atoms with Gasteiger partial charge < -0.3 is 9.47 Å². The third-order valence-corrected chi connectivity index (χ3v) is 8.21. The Kier molecular flexibility index (Phi) is 5.92. The molecule has 0 radical (unpaired) electrons. The molecule has 174 valence electrons. The van der Waals surface area contributed by atoms with Crippen LogP contribution in [0.2, 0.25) is 0 Å². The van der Waals surface area contributed by atoms with Crippen LogP contribution in [0.4, 0.5) is 4.39 Å². The van der Waals surface area contributed by atoms with Crippen molar-refractivity contribution >= 4 is 32.1 Å².